The Morgan fingerprint density at radius 2 is 2.11 bits per heavy atom. The van der Waals surface area contributed by atoms with Crippen LogP contribution in [0.4, 0.5) is 0 Å². The number of hydrogen-bond acceptors (Lipinski definition) is 2. The second-order valence-electron chi connectivity index (χ2n) is 5.08. The molecule has 1 aromatic rings. The van der Waals surface area contributed by atoms with E-state index >= 15 is 0 Å². The minimum atomic E-state index is 0. The molecule has 3 atom stereocenters. The van der Waals surface area contributed by atoms with Gasteiger partial charge in [-0.25, -0.2) is 0 Å². The van der Waals surface area contributed by atoms with Crippen LogP contribution in [-0.4, -0.2) is 24.0 Å². The first kappa shape index (κ1) is 16.0. The van der Waals surface area contributed by atoms with Crippen LogP contribution in [0.25, 0.3) is 0 Å². The van der Waals surface area contributed by atoms with E-state index in [1.807, 2.05) is 0 Å². The Hall–Kier alpha value is -0.0900. The van der Waals surface area contributed by atoms with E-state index in [2.05, 4.69) is 58.9 Å². The van der Waals surface area contributed by atoms with Gasteiger partial charge in [0.25, 0.3) is 0 Å². The van der Waals surface area contributed by atoms with Gasteiger partial charge < -0.3 is 5.73 Å². The van der Waals surface area contributed by atoms with Gasteiger partial charge in [-0.05, 0) is 44.4 Å². The van der Waals surface area contributed by atoms with Crippen LogP contribution >= 0.6 is 28.3 Å². The molecule has 0 amide bonds. The molecule has 0 spiro atoms. The van der Waals surface area contributed by atoms with Crippen molar-refractivity contribution in [3.8, 4) is 0 Å². The molecule has 2 rings (SSSR count). The maximum absolute atomic E-state index is 5.79. The molecule has 0 aromatic heterocycles. The first-order valence-corrected chi connectivity index (χ1v) is 7.13. The molecule has 0 radical (unpaired) electrons. The summed E-state index contributed by atoms with van der Waals surface area (Å²) >= 11 is 3.64. The average Bonchev–Trinajstić information content (AvgIpc) is 2.70. The molecular formula is C14H22BrClN2. The SMILES string of the molecule is CC1CC(CN)CN1C(C)c1ccccc1Br.Cl. The van der Waals surface area contributed by atoms with E-state index in [4.69, 9.17) is 5.73 Å². The fraction of sp³-hybridized carbons (Fsp3) is 0.571. The van der Waals surface area contributed by atoms with E-state index in [0.29, 0.717) is 18.0 Å². The molecular weight excluding hydrogens is 312 g/mol. The van der Waals surface area contributed by atoms with Crippen LogP contribution in [0.1, 0.15) is 31.9 Å². The van der Waals surface area contributed by atoms with Gasteiger partial charge in [0.15, 0.2) is 0 Å². The molecule has 0 saturated carbocycles. The Kier molecular flexibility index (Phi) is 6.12. The summed E-state index contributed by atoms with van der Waals surface area (Å²) in [6, 6.07) is 9.58. The molecule has 1 aliphatic heterocycles. The van der Waals surface area contributed by atoms with E-state index < -0.39 is 0 Å². The van der Waals surface area contributed by atoms with E-state index in [9.17, 15) is 0 Å². The van der Waals surface area contributed by atoms with Crippen LogP contribution < -0.4 is 5.73 Å². The van der Waals surface area contributed by atoms with E-state index in [-0.39, 0.29) is 12.4 Å². The summed E-state index contributed by atoms with van der Waals surface area (Å²) in [5.74, 6) is 0.662. The van der Waals surface area contributed by atoms with Crippen LogP contribution in [0.15, 0.2) is 28.7 Å². The Morgan fingerprint density at radius 1 is 1.44 bits per heavy atom. The van der Waals surface area contributed by atoms with Crippen LogP contribution in [0.2, 0.25) is 0 Å². The standard InChI is InChI=1S/C14H21BrN2.ClH/c1-10-7-12(8-16)9-17(10)11(2)13-5-3-4-6-14(13)15;/h3-6,10-12H,7-9,16H2,1-2H3;1H. The molecule has 1 aromatic carbocycles. The van der Waals surface area contributed by atoms with Crippen molar-refractivity contribution in [2.24, 2.45) is 11.7 Å². The molecule has 18 heavy (non-hydrogen) atoms. The highest BCUT2D eigenvalue weighted by Crippen LogP contribution is 2.34. The number of hydrogen-bond donors (Lipinski definition) is 1. The summed E-state index contributed by atoms with van der Waals surface area (Å²) < 4.78 is 1.20. The average molecular weight is 334 g/mol. The van der Waals surface area contributed by atoms with Crippen molar-refractivity contribution in [1.82, 2.24) is 4.90 Å². The number of likely N-dealkylation sites (tertiary alicyclic amines) is 1. The smallest absolute Gasteiger partial charge is 0.0334 e. The largest absolute Gasteiger partial charge is 0.330 e. The lowest BCUT2D eigenvalue weighted by Gasteiger charge is -2.29. The minimum Gasteiger partial charge on any atom is -0.330 e. The zero-order chi connectivity index (χ0) is 12.4. The number of benzene rings is 1. The van der Waals surface area contributed by atoms with Crippen LogP contribution in [0.5, 0.6) is 0 Å². The van der Waals surface area contributed by atoms with E-state index in [1.54, 1.807) is 0 Å². The van der Waals surface area contributed by atoms with Gasteiger partial charge in [-0.15, -0.1) is 12.4 Å². The predicted octanol–water partition coefficient (Wildman–Crippen LogP) is 3.60. The van der Waals surface area contributed by atoms with Gasteiger partial charge in [0.1, 0.15) is 0 Å². The highest BCUT2D eigenvalue weighted by Gasteiger charge is 2.32. The van der Waals surface area contributed by atoms with E-state index in [1.165, 1.54) is 16.5 Å². The van der Waals surface area contributed by atoms with Crippen molar-refractivity contribution in [3.63, 3.8) is 0 Å². The molecule has 3 unspecified atom stereocenters. The molecule has 2 nitrogen and oxygen atoms in total. The van der Waals surface area contributed by atoms with Gasteiger partial charge in [-0.1, -0.05) is 34.1 Å². The Bertz CT molecular complexity index is 386. The molecule has 102 valence electrons. The van der Waals surface area contributed by atoms with Crippen molar-refractivity contribution in [2.75, 3.05) is 13.1 Å². The monoisotopic (exact) mass is 332 g/mol. The summed E-state index contributed by atoms with van der Waals surface area (Å²) in [6.45, 7) is 6.53. The van der Waals surface area contributed by atoms with Crippen molar-refractivity contribution in [2.45, 2.75) is 32.4 Å². The molecule has 0 aliphatic carbocycles. The van der Waals surface area contributed by atoms with Crippen LogP contribution in [0.3, 0.4) is 0 Å². The highest BCUT2D eigenvalue weighted by molar-refractivity contribution is 9.10. The van der Waals surface area contributed by atoms with Gasteiger partial charge in [0.05, 0.1) is 0 Å². The van der Waals surface area contributed by atoms with Crippen LogP contribution in [-0.2, 0) is 0 Å². The molecule has 1 heterocycles. The molecule has 0 bridgehead atoms. The maximum atomic E-state index is 5.79. The number of nitrogens with zero attached hydrogens (tertiary/aromatic N) is 1. The third-order valence-electron chi connectivity index (χ3n) is 3.90. The Labute approximate surface area is 124 Å². The normalized spacial score (nSPS) is 25.8. The molecule has 1 fully saturated rings. The van der Waals surface area contributed by atoms with Crippen molar-refractivity contribution < 1.29 is 0 Å². The number of rotatable bonds is 3. The predicted molar refractivity (Wildman–Crippen MR) is 83.1 cm³/mol. The maximum Gasteiger partial charge on any atom is 0.0334 e. The lowest BCUT2D eigenvalue weighted by molar-refractivity contribution is 0.200. The number of halogens is 2. The van der Waals surface area contributed by atoms with Gasteiger partial charge in [-0.2, -0.15) is 0 Å². The third kappa shape index (κ3) is 3.27. The van der Waals surface area contributed by atoms with Crippen molar-refractivity contribution >= 4 is 28.3 Å². The summed E-state index contributed by atoms with van der Waals surface area (Å²) in [6.07, 6.45) is 1.23. The van der Waals surface area contributed by atoms with Crippen molar-refractivity contribution in [3.05, 3.63) is 34.3 Å². The van der Waals surface area contributed by atoms with Gasteiger partial charge in [0.2, 0.25) is 0 Å². The topological polar surface area (TPSA) is 29.3 Å². The zero-order valence-corrected chi connectivity index (χ0v) is 13.4. The molecule has 2 N–H and O–H groups in total. The second-order valence-corrected chi connectivity index (χ2v) is 5.94. The zero-order valence-electron chi connectivity index (χ0n) is 11.0. The molecule has 1 aliphatic rings. The Balaban J connectivity index is 0.00000162. The lowest BCUT2D eigenvalue weighted by atomic mass is 10.1. The van der Waals surface area contributed by atoms with E-state index in [0.717, 1.165) is 13.1 Å². The summed E-state index contributed by atoms with van der Waals surface area (Å²) in [5.41, 5.74) is 7.16. The molecule has 4 heteroatoms. The second kappa shape index (κ2) is 6.90. The first-order valence-electron chi connectivity index (χ1n) is 6.33. The van der Waals surface area contributed by atoms with Crippen molar-refractivity contribution in [1.29, 1.82) is 0 Å². The Morgan fingerprint density at radius 3 is 2.67 bits per heavy atom. The highest BCUT2D eigenvalue weighted by atomic mass is 79.9. The van der Waals surface area contributed by atoms with Gasteiger partial charge in [0, 0.05) is 23.1 Å². The minimum absolute atomic E-state index is 0. The summed E-state index contributed by atoms with van der Waals surface area (Å²) in [7, 11) is 0. The fourth-order valence-electron chi connectivity index (χ4n) is 2.87. The third-order valence-corrected chi connectivity index (χ3v) is 4.62. The number of nitrogens with two attached hydrogens (primary N) is 1. The summed E-state index contributed by atoms with van der Waals surface area (Å²) in [5, 5.41) is 0. The van der Waals surface area contributed by atoms with Crippen LogP contribution in [0, 0.1) is 5.92 Å². The lowest BCUT2D eigenvalue weighted by Crippen LogP contribution is -2.31. The van der Waals surface area contributed by atoms with Gasteiger partial charge >= 0.3 is 0 Å². The first-order chi connectivity index (χ1) is 8.13. The quantitative estimate of drug-likeness (QED) is 0.915. The summed E-state index contributed by atoms with van der Waals surface area (Å²) in [4.78, 5) is 2.57. The fourth-order valence-corrected chi connectivity index (χ4v) is 3.49. The van der Waals surface area contributed by atoms with Gasteiger partial charge in [-0.3, -0.25) is 4.90 Å². The molecule has 1 saturated heterocycles.